The van der Waals surface area contributed by atoms with Crippen LogP contribution < -0.4 is 11.1 Å². The van der Waals surface area contributed by atoms with Gasteiger partial charge >= 0.3 is 0 Å². The largest absolute Gasteiger partial charge is 0.324 e. The van der Waals surface area contributed by atoms with Gasteiger partial charge in [-0.15, -0.1) is 0 Å². The third-order valence-corrected chi connectivity index (χ3v) is 3.22. The van der Waals surface area contributed by atoms with E-state index in [0.29, 0.717) is 5.69 Å². The number of nitrogens with one attached hydrogen (secondary N) is 1. The summed E-state index contributed by atoms with van der Waals surface area (Å²) in [5.74, 6) is -0.159. The molecule has 2 aromatic rings. The normalized spacial score (nSPS) is 12.2. The summed E-state index contributed by atoms with van der Waals surface area (Å²) in [5.41, 5.74) is 9.04. The first-order chi connectivity index (χ1) is 9.51. The van der Waals surface area contributed by atoms with Gasteiger partial charge in [0, 0.05) is 18.8 Å². The molecule has 2 rings (SSSR count). The van der Waals surface area contributed by atoms with Crippen molar-refractivity contribution < 1.29 is 4.79 Å². The predicted molar refractivity (Wildman–Crippen MR) is 79.6 cm³/mol. The third kappa shape index (κ3) is 3.05. The number of nitrogens with zero attached hydrogens (tertiary/aromatic N) is 2. The van der Waals surface area contributed by atoms with Crippen molar-refractivity contribution in [3.8, 4) is 0 Å². The zero-order valence-corrected chi connectivity index (χ0v) is 12.1. The van der Waals surface area contributed by atoms with Crippen LogP contribution in [0.25, 0.3) is 0 Å². The quantitative estimate of drug-likeness (QED) is 0.896. The molecule has 106 valence electrons. The van der Waals surface area contributed by atoms with E-state index in [9.17, 15) is 4.79 Å². The minimum Gasteiger partial charge on any atom is -0.324 e. The van der Waals surface area contributed by atoms with E-state index in [0.717, 1.165) is 23.4 Å². The Morgan fingerprint density at radius 2 is 2.05 bits per heavy atom. The lowest BCUT2D eigenvalue weighted by molar-refractivity contribution is 0.101. The molecule has 0 saturated heterocycles. The predicted octanol–water partition coefficient (Wildman–Crippen LogP) is 2.25. The van der Waals surface area contributed by atoms with Gasteiger partial charge in [0.1, 0.15) is 5.69 Å². The average Bonchev–Trinajstić information content (AvgIpc) is 2.80. The van der Waals surface area contributed by atoms with Crippen molar-refractivity contribution in [3.05, 3.63) is 47.3 Å². The van der Waals surface area contributed by atoms with E-state index in [1.807, 2.05) is 44.2 Å². The molecule has 1 atom stereocenters. The van der Waals surface area contributed by atoms with Crippen molar-refractivity contribution in [3.63, 3.8) is 0 Å². The van der Waals surface area contributed by atoms with Gasteiger partial charge in [-0.25, -0.2) is 0 Å². The molecule has 5 heteroatoms. The molecular weight excluding hydrogens is 252 g/mol. The Balaban J connectivity index is 2.12. The maximum atomic E-state index is 12.2. The molecule has 0 bridgehead atoms. The average molecular weight is 272 g/mol. The molecule has 0 aliphatic rings. The minimum atomic E-state index is -0.159. The first-order valence-corrected chi connectivity index (χ1v) is 6.71. The van der Waals surface area contributed by atoms with E-state index in [-0.39, 0.29) is 11.9 Å². The van der Waals surface area contributed by atoms with Crippen LogP contribution >= 0.6 is 0 Å². The Hall–Kier alpha value is -2.14. The van der Waals surface area contributed by atoms with E-state index < -0.39 is 0 Å². The number of amides is 1. The Morgan fingerprint density at radius 3 is 2.55 bits per heavy atom. The molecule has 20 heavy (non-hydrogen) atoms. The number of rotatable bonds is 4. The fourth-order valence-electron chi connectivity index (χ4n) is 1.98. The van der Waals surface area contributed by atoms with Crippen LogP contribution in [0.5, 0.6) is 0 Å². The summed E-state index contributed by atoms with van der Waals surface area (Å²) < 4.78 is 1.60. The van der Waals surface area contributed by atoms with Gasteiger partial charge in [-0.2, -0.15) is 5.10 Å². The molecule has 0 radical (unpaired) electrons. The monoisotopic (exact) mass is 272 g/mol. The van der Waals surface area contributed by atoms with Crippen LogP contribution in [0.4, 0.5) is 5.69 Å². The SMILES string of the molecule is CCc1cc(C(=O)Nc2ccc(C(C)N)cc2)n(C)n1. The molecule has 1 unspecified atom stereocenters. The molecule has 3 N–H and O–H groups in total. The van der Waals surface area contributed by atoms with Crippen molar-refractivity contribution in [2.75, 3.05) is 5.32 Å². The van der Waals surface area contributed by atoms with Crippen molar-refractivity contribution in [1.82, 2.24) is 9.78 Å². The van der Waals surface area contributed by atoms with Crippen LogP contribution in [-0.2, 0) is 13.5 Å². The maximum absolute atomic E-state index is 12.2. The first-order valence-electron chi connectivity index (χ1n) is 6.71. The van der Waals surface area contributed by atoms with Crippen LogP contribution in [0.3, 0.4) is 0 Å². The number of hydrogen-bond acceptors (Lipinski definition) is 3. The standard InChI is InChI=1S/C15H20N4O/c1-4-12-9-14(19(3)18-12)15(20)17-13-7-5-11(6-8-13)10(2)16/h5-10H,4,16H2,1-3H3,(H,17,20). The molecule has 0 spiro atoms. The lowest BCUT2D eigenvalue weighted by Gasteiger charge is -2.08. The van der Waals surface area contributed by atoms with Gasteiger partial charge in [-0.3, -0.25) is 9.48 Å². The third-order valence-electron chi connectivity index (χ3n) is 3.22. The van der Waals surface area contributed by atoms with E-state index >= 15 is 0 Å². The van der Waals surface area contributed by atoms with Gasteiger partial charge in [-0.1, -0.05) is 19.1 Å². The summed E-state index contributed by atoms with van der Waals surface area (Å²) in [6.45, 7) is 3.94. The zero-order valence-electron chi connectivity index (χ0n) is 12.1. The van der Waals surface area contributed by atoms with Gasteiger partial charge in [0.2, 0.25) is 0 Å². The molecule has 1 aromatic carbocycles. The van der Waals surface area contributed by atoms with E-state index in [1.54, 1.807) is 11.7 Å². The van der Waals surface area contributed by atoms with Crippen LogP contribution in [0.2, 0.25) is 0 Å². The summed E-state index contributed by atoms with van der Waals surface area (Å²) in [5, 5.41) is 7.13. The molecule has 0 saturated carbocycles. The van der Waals surface area contributed by atoms with Crippen LogP contribution in [0.1, 0.15) is 41.6 Å². The van der Waals surface area contributed by atoms with Gasteiger partial charge < -0.3 is 11.1 Å². The smallest absolute Gasteiger partial charge is 0.273 e. The summed E-state index contributed by atoms with van der Waals surface area (Å²) in [7, 11) is 1.77. The lowest BCUT2D eigenvalue weighted by Crippen LogP contribution is -2.16. The summed E-state index contributed by atoms with van der Waals surface area (Å²) in [6, 6.07) is 9.35. The Bertz CT molecular complexity index is 599. The summed E-state index contributed by atoms with van der Waals surface area (Å²) >= 11 is 0. The number of hydrogen-bond donors (Lipinski definition) is 2. The van der Waals surface area contributed by atoms with Gasteiger partial charge in [0.25, 0.3) is 5.91 Å². The van der Waals surface area contributed by atoms with E-state index in [4.69, 9.17) is 5.73 Å². The molecule has 5 nitrogen and oxygen atoms in total. The van der Waals surface area contributed by atoms with Crippen molar-refractivity contribution >= 4 is 11.6 Å². The number of aromatic nitrogens is 2. The van der Waals surface area contributed by atoms with Crippen molar-refractivity contribution in [2.24, 2.45) is 12.8 Å². The second-order valence-electron chi connectivity index (χ2n) is 4.86. The van der Waals surface area contributed by atoms with E-state index in [2.05, 4.69) is 10.4 Å². The first kappa shape index (κ1) is 14.3. The van der Waals surface area contributed by atoms with Crippen LogP contribution in [0, 0.1) is 0 Å². The van der Waals surface area contributed by atoms with Gasteiger partial charge in [0.15, 0.2) is 0 Å². The highest BCUT2D eigenvalue weighted by molar-refractivity contribution is 6.03. The number of nitrogens with two attached hydrogens (primary N) is 1. The van der Waals surface area contributed by atoms with E-state index in [1.165, 1.54) is 0 Å². The molecule has 0 aliphatic carbocycles. The fraction of sp³-hybridized carbons (Fsp3) is 0.333. The number of aryl methyl sites for hydroxylation is 2. The molecule has 0 fully saturated rings. The topological polar surface area (TPSA) is 72.9 Å². The van der Waals surface area contributed by atoms with Crippen LogP contribution in [-0.4, -0.2) is 15.7 Å². The summed E-state index contributed by atoms with van der Waals surface area (Å²) in [4.78, 5) is 12.2. The zero-order chi connectivity index (χ0) is 14.7. The minimum absolute atomic E-state index is 0.0102. The summed E-state index contributed by atoms with van der Waals surface area (Å²) in [6.07, 6.45) is 0.810. The molecular formula is C15H20N4O. The van der Waals surface area contributed by atoms with Crippen LogP contribution in [0.15, 0.2) is 30.3 Å². The number of anilines is 1. The highest BCUT2D eigenvalue weighted by atomic mass is 16.2. The highest BCUT2D eigenvalue weighted by Crippen LogP contribution is 2.15. The molecule has 1 heterocycles. The Kier molecular flexibility index (Phi) is 4.20. The van der Waals surface area contributed by atoms with Crippen molar-refractivity contribution in [1.29, 1.82) is 0 Å². The number of carbonyl (C=O) groups excluding carboxylic acids is 1. The Morgan fingerprint density at radius 1 is 1.40 bits per heavy atom. The number of carbonyl (C=O) groups is 1. The molecule has 1 aromatic heterocycles. The van der Waals surface area contributed by atoms with Crippen molar-refractivity contribution in [2.45, 2.75) is 26.3 Å². The highest BCUT2D eigenvalue weighted by Gasteiger charge is 2.12. The number of benzene rings is 1. The van der Waals surface area contributed by atoms with Gasteiger partial charge in [-0.05, 0) is 37.1 Å². The molecule has 1 amide bonds. The second-order valence-corrected chi connectivity index (χ2v) is 4.86. The van der Waals surface area contributed by atoms with Gasteiger partial charge in [0.05, 0.1) is 5.69 Å². The second kappa shape index (κ2) is 5.88. The lowest BCUT2D eigenvalue weighted by atomic mass is 10.1. The molecule has 0 aliphatic heterocycles. The fourth-order valence-corrected chi connectivity index (χ4v) is 1.98. The maximum Gasteiger partial charge on any atom is 0.273 e. The Labute approximate surface area is 118 Å².